The second-order valence-corrected chi connectivity index (χ2v) is 6.10. The Labute approximate surface area is 106 Å². The molecule has 1 saturated carbocycles. The number of amides is 1. The lowest BCUT2D eigenvalue weighted by Crippen LogP contribution is -2.38. The van der Waals surface area contributed by atoms with Crippen LogP contribution < -0.4 is 11.1 Å². The zero-order chi connectivity index (χ0) is 12.7. The minimum absolute atomic E-state index is 0.175. The molecule has 17 heavy (non-hydrogen) atoms. The molecule has 0 aromatic carbocycles. The fraction of sp³-hybridized carbons (Fsp3) is 0.929. The highest BCUT2D eigenvalue weighted by atomic mass is 16.1. The van der Waals surface area contributed by atoms with Gasteiger partial charge >= 0.3 is 0 Å². The molecule has 0 bridgehead atoms. The van der Waals surface area contributed by atoms with Crippen LogP contribution >= 0.6 is 0 Å². The number of nitrogens with two attached hydrogens (primary N) is 1. The Bertz CT molecular complexity index is 225. The predicted molar refractivity (Wildman–Crippen MR) is 71.8 cm³/mol. The van der Waals surface area contributed by atoms with Crippen molar-refractivity contribution in [2.45, 2.75) is 83.2 Å². The Morgan fingerprint density at radius 1 is 1.18 bits per heavy atom. The van der Waals surface area contributed by atoms with Crippen LogP contribution in [0.3, 0.4) is 0 Å². The van der Waals surface area contributed by atoms with Crippen molar-refractivity contribution in [3.8, 4) is 0 Å². The summed E-state index contributed by atoms with van der Waals surface area (Å²) in [5.74, 6) is 0.175. The van der Waals surface area contributed by atoms with Crippen LogP contribution in [-0.2, 0) is 4.79 Å². The van der Waals surface area contributed by atoms with E-state index in [1.165, 1.54) is 32.1 Å². The van der Waals surface area contributed by atoms with Gasteiger partial charge in [0.1, 0.15) is 0 Å². The Balaban J connectivity index is 2.23. The molecule has 1 aliphatic rings. The van der Waals surface area contributed by atoms with Crippen LogP contribution in [-0.4, -0.2) is 17.5 Å². The van der Waals surface area contributed by atoms with Crippen LogP contribution in [0.1, 0.15) is 71.6 Å². The van der Waals surface area contributed by atoms with Gasteiger partial charge in [0.15, 0.2) is 0 Å². The lowest BCUT2D eigenvalue weighted by atomic mass is 9.96. The summed E-state index contributed by atoms with van der Waals surface area (Å²) in [5, 5.41) is 3.16. The molecule has 0 aliphatic heterocycles. The predicted octanol–water partition coefficient (Wildman–Crippen LogP) is 2.73. The summed E-state index contributed by atoms with van der Waals surface area (Å²) >= 11 is 0. The van der Waals surface area contributed by atoms with Gasteiger partial charge in [-0.2, -0.15) is 0 Å². The molecule has 3 N–H and O–H groups in total. The molecule has 0 unspecified atom stereocenters. The van der Waals surface area contributed by atoms with Gasteiger partial charge in [-0.1, -0.05) is 32.1 Å². The smallest absolute Gasteiger partial charge is 0.220 e. The molecule has 1 rings (SSSR count). The first-order valence-corrected chi connectivity index (χ1v) is 7.06. The quantitative estimate of drug-likeness (QED) is 0.794. The van der Waals surface area contributed by atoms with E-state index in [2.05, 4.69) is 5.32 Å². The second kappa shape index (κ2) is 7.00. The first-order valence-electron chi connectivity index (χ1n) is 7.06. The van der Waals surface area contributed by atoms with E-state index >= 15 is 0 Å². The molecule has 3 heteroatoms. The highest BCUT2D eigenvalue weighted by Gasteiger charge is 2.16. The minimum Gasteiger partial charge on any atom is -0.353 e. The third-order valence-corrected chi connectivity index (χ3v) is 3.47. The Kier molecular flexibility index (Phi) is 5.96. The summed E-state index contributed by atoms with van der Waals surface area (Å²) in [6.45, 7) is 3.94. The van der Waals surface area contributed by atoms with E-state index in [-0.39, 0.29) is 11.4 Å². The minimum atomic E-state index is -0.238. The summed E-state index contributed by atoms with van der Waals surface area (Å²) < 4.78 is 0. The van der Waals surface area contributed by atoms with Gasteiger partial charge in [0.25, 0.3) is 0 Å². The van der Waals surface area contributed by atoms with Gasteiger partial charge in [-0.25, -0.2) is 0 Å². The van der Waals surface area contributed by atoms with Crippen molar-refractivity contribution in [3.05, 3.63) is 0 Å². The van der Waals surface area contributed by atoms with Crippen LogP contribution in [0.25, 0.3) is 0 Å². The lowest BCUT2D eigenvalue weighted by Gasteiger charge is -2.22. The van der Waals surface area contributed by atoms with Gasteiger partial charge in [-0.3, -0.25) is 4.79 Å². The van der Waals surface area contributed by atoms with E-state index < -0.39 is 0 Å². The molecule has 0 atom stereocenters. The Morgan fingerprint density at radius 3 is 2.24 bits per heavy atom. The summed E-state index contributed by atoms with van der Waals surface area (Å²) in [6, 6.07) is 0.406. The van der Waals surface area contributed by atoms with Crippen molar-refractivity contribution in [1.82, 2.24) is 5.32 Å². The Morgan fingerprint density at radius 2 is 1.71 bits per heavy atom. The van der Waals surface area contributed by atoms with E-state index in [0.29, 0.717) is 12.5 Å². The van der Waals surface area contributed by atoms with Crippen molar-refractivity contribution < 1.29 is 4.79 Å². The molecule has 3 nitrogen and oxygen atoms in total. The molecule has 1 fully saturated rings. The van der Waals surface area contributed by atoms with Crippen molar-refractivity contribution in [1.29, 1.82) is 0 Å². The van der Waals surface area contributed by atoms with Gasteiger partial charge in [0, 0.05) is 18.0 Å². The SMILES string of the molecule is CC(C)(N)CCC(=O)NC1CCCCCCC1. The molecule has 0 aromatic rings. The van der Waals surface area contributed by atoms with Crippen LogP contribution in [0, 0.1) is 0 Å². The monoisotopic (exact) mass is 240 g/mol. The van der Waals surface area contributed by atoms with Crippen molar-refractivity contribution in [2.24, 2.45) is 5.73 Å². The van der Waals surface area contributed by atoms with E-state index in [0.717, 1.165) is 19.3 Å². The summed E-state index contributed by atoms with van der Waals surface area (Å²) in [6.07, 6.45) is 10.1. The summed E-state index contributed by atoms with van der Waals surface area (Å²) in [7, 11) is 0. The topological polar surface area (TPSA) is 55.1 Å². The number of rotatable bonds is 4. The number of hydrogen-bond acceptors (Lipinski definition) is 2. The van der Waals surface area contributed by atoms with Gasteiger partial charge < -0.3 is 11.1 Å². The molecule has 0 saturated heterocycles. The van der Waals surface area contributed by atoms with E-state index in [1.807, 2.05) is 13.8 Å². The van der Waals surface area contributed by atoms with Gasteiger partial charge in [0.05, 0.1) is 0 Å². The fourth-order valence-corrected chi connectivity index (χ4v) is 2.34. The largest absolute Gasteiger partial charge is 0.353 e. The van der Waals surface area contributed by atoms with Crippen LogP contribution in [0.2, 0.25) is 0 Å². The normalized spacial score (nSPS) is 19.5. The zero-order valence-corrected chi connectivity index (χ0v) is 11.4. The zero-order valence-electron chi connectivity index (χ0n) is 11.4. The maximum absolute atomic E-state index is 11.8. The molecule has 100 valence electrons. The molecule has 0 radical (unpaired) electrons. The number of nitrogens with one attached hydrogen (secondary N) is 1. The van der Waals surface area contributed by atoms with Crippen LogP contribution in [0.15, 0.2) is 0 Å². The van der Waals surface area contributed by atoms with E-state index in [4.69, 9.17) is 5.73 Å². The van der Waals surface area contributed by atoms with Crippen LogP contribution in [0.4, 0.5) is 0 Å². The average Bonchev–Trinajstić information content (AvgIpc) is 2.18. The number of hydrogen-bond donors (Lipinski definition) is 2. The number of carbonyl (C=O) groups excluding carboxylic acids is 1. The van der Waals surface area contributed by atoms with Gasteiger partial charge in [-0.15, -0.1) is 0 Å². The Hall–Kier alpha value is -0.570. The highest BCUT2D eigenvalue weighted by molar-refractivity contribution is 5.76. The summed E-state index contributed by atoms with van der Waals surface area (Å²) in [4.78, 5) is 11.8. The lowest BCUT2D eigenvalue weighted by molar-refractivity contribution is -0.122. The molecular weight excluding hydrogens is 212 g/mol. The molecule has 1 aliphatic carbocycles. The van der Waals surface area contributed by atoms with Gasteiger partial charge in [0.2, 0.25) is 5.91 Å². The standard InChI is InChI=1S/C14H28N2O/c1-14(2,15)11-10-13(17)16-12-8-6-4-3-5-7-9-12/h12H,3-11,15H2,1-2H3,(H,16,17). The molecule has 0 spiro atoms. The second-order valence-electron chi connectivity index (χ2n) is 6.10. The number of carbonyl (C=O) groups is 1. The molecular formula is C14H28N2O. The molecule has 0 heterocycles. The summed E-state index contributed by atoms with van der Waals surface area (Å²) in [5.41, 5.74) is 5.64. The molecule has 1 amide bonds. The third kappa shape index (κ3) is 7.37. The average molecular weight is 240 g/mol. The van der Waals surface area contributed by atoms with Crippen molar-refractivity contribution in [2.75, 3.05) is 0 Å². The fourth-order valence-electron chi connectivity index (χ4n) is 2.34. The maximum Gasteiger partial charge on any atom is 0.220 e. The first kappa shape index (κ1) is 14.5. The maximum atomic E-state index is 11.8. The van der Waals surface area contributed by atoms with Crippen molar-refractivity contribution >= 4 is 5.91 Å². The van der Waals surface area contributed by atoms with E-state index in [9.17, 15) is 4.79 Å². The first-order chi connectivity index (χ1) is 7.97. The van der Waals surface area contributed by atoms with Crippen LogP contribution in [0.5, 0.6) is 0 Å². The van der Waals surface area contributed by atoms with Gasteiger partial charge in [-0.05, 0) is 33.1 Å². The van der Waals surface area contributed by atoms with Crippen molar-refractivity contribution in [3.63, 3.8) is 0 Å². The van der Waals surface area contributed by atoms with E-state index in [1.54, 1.807) is 0 Å². The highest BCUT2D eigenvalue weighted by Crippen LogP contribution is 2.17. The third-order valence-electron chi connectivity index (χ3n) is 3.47. The molecule has 0 aromatic heterocycles.